The van der Waals surface area contributed by atoms with Gasteiger partial charge in [0.1, 0.15) is 5.75 Å². The second-order valence-electron chi connectivity index (χ2n) is 6.44. The number of ether oxygens (including phenoxy) is 1. The summed E-state index contributed by atoms with van der Waals surface area (Å²) >= 11 is 12.0. The molecule has 1 atom stereocenters. The number of aliphatic carboxylic acids is 1. The molecule has 0 aliphatic heterocycles. The number of hydrogen-bond acceptors (Lipinski definition) is 3. The SMILES string of the molecule is CCCc1cc(C(=O)O)cc(CCC)c1OC(C(=O)O)c1ccc(Cl)c(Cl)c1. The van der Waals surface area contributed by atoms with Gasteiger partial charge in [-0.25, -0.2) is 9.59 Å². The molecule has 2 aromatic rings. The van der Waals surface area contributed by atoms with Gasteiger partial charge in [0.25, 0.3) is 0 Å². The Labute approximate surface area is 173 Å². The maximum Gasteiger partial charge on any atom is 0.349 e. The van der Waals surface area contributed by atoms with E-state index in [1.807, 2.05) is 13.8 Å². The zero-order chi connectivity index (χ0) is 20.8. The van der Waals surface area contributed by atoms with Crippen molar-refractivity contribution in [1.82, 2.24) is 0 Å². The number of hydrogen-bond donors (Lipinski definition) is 2. The van der Waals surface area contributed by atoms with Gasteiger partial charge in [-0.05, 0) is 48.2 Å². The summed E-state index contributed by atoms with van der Waals surface area (Å²) in [7, 11) is 0. The first kappa shape index (κ1) is 22.1. The van der Waals surface area contributed by atoms with Crippen LogP contribution in [-0.2, 0) is 17.6 Å². The molecule has 2 aromatic carbocycles. The summed E-state index contributed by atoms with van der Waals surface area (Å²) in [6, 6.07) is 7.64. The fraction of sp³-hybridized carbons (Fsp3) is 0.333. The number of aryl methyl sites for hydroxylation is 2. The lowest BCUT2D eigenvalue weighted by molar-refractivity contribution is -0.145. The van der Waals surface area contributed by atoms with Crippen molar-refractivity contribution >= 4 is 35.1 Å². The number of carboxylic acids is 2. The highest BCUT2D eigenvalue weighted by molar-refractivity contribution is 6.42. The largest absolute Gasteiger partial charge is 0.478 e. The van der Waals surface area contributed by atoms with Gasteiger partial charge in [0.15, 0.2) is 0 Å². The third kappa shape index (κ3) is 5.18. The van der Waals surface area contributed by atoms with Gasteiger partial charge in [-0.3, -0.25) is 0 Å². The predicted molar refractivity (Wildman–Crippen MR) is 109 cm³/mol. The summed E-state index contributed by atoms with van der Waals surface area (Å²) in [5.41, 5.74) is 1.88. The molecule has 150 valence electrons. The van der Waals surface area contributed by atoms with Crippen molar-refractivity contribution in [1.29, 1.82) is 0 Å². The highest BCUT2D eigenvalue weighted by atomic mass is 35.5. The minimum atomic E-state index is -1.29. The Morgan fingerprint density at radius 3 is 1.96 bits per heavy atom. The van der Waals surface area contributed by atoms with Crippen molar-refractivity contribution in [3.05, 3.63) is 62.6 Å². The molecule has 7 heteroatoms. The molecule has 28 heavy (non-hydrogen) atoms. The monoisotopic (exact) mass is 424 g/mol. The summed E-state index contributed by atoms with van der Waals surface area (Å²) in [4.78, 5) is 23.4. The van der Waals surface area contributed by atoms with Gasteiger partial charge in [-0.1, -0.05) is 56.0 Å². The number of rotatable bonds is 9. The van der Waals surface area contributed by atoms with Crippen molar-refractivity contribution < 1.29 is 24.5 Å². The molecule has 0 aliphatic rings. The zero-order valence-electron chi connectivity index (χ0n) is 15.7. The molecule has 0 fully saturated rings. The van der Waals surface area contributed by atoms with Crippen molar-refractivity contribution in [2.75, 3.05) is 0 Å². The van der Waals surface area contributed by atoms with Crippen LogP contribution in [0.3, 0.4) is 0 Å². The summed E-state index contributed by atoms with van der Waals surface area (Å²) in [5, 5.41) is 19.7. The Morgan fingerprint density at radius 2 is 1.54 bits per heavy atom. The van der Waals surface area contributed by atoms with Crippen LogP contribution in [0.25, 0.3) is 0 Å². The van der Waals surface area contributed by atoms with Gasteiger partial charge < -0.3 is 14.9 Å². The van der Waals surface area contributed by atoms with E-state index in [1.165, 1.54) is 12.1 Å². The minimum Gasteiger partial charge on any atom is -0.478 e. The van der Waals surface area contributed by atoms with E-state index in [4.69, 9.17) is 27.9 Å². The van der Waals surface area contributed by atoms with Crippen molar-refractivity contribution in [3.8, 4) is 5.75 Å². The number of benzene rings is 2. The van der Waals surface area contributed by atoms with E-state index in [9.17, 15) is 19.8 Å². The van der Waals surface area contributed by atoms with E-state index in [2.05, 4.69) is 0 Å². The van der Waals surface area contributed by atoms with Crippen LogP contribution in [0.4, 0.5) is 0 Å². The normalized spacial score (nSPS) is 11.9. The fourth-order valence-electron chi connectivity index (χ4n) is 2.99. The van der Waals surface area contributed by atoms with E-state index in [0.717, 1.165) is 12.8 Å². The van der Waals surface area contributed by atoms with Gasteiger partial charge >= 0.3 is 11.9 Å². The lowest BCUT2D eigenvalue weighted by atomic mass is 9.97. The highest BCUT2D eigenvalue weighted by Crippen LogP contribution is 2.34. The van der Waals surface area contributed by atoms with Crippen molar-refractivity contribution in [2.45, 2.75) is 45.6 Å². The van der Waals surface area contributed by atoms with Gasteiger partial charge in [0.2, 0.25) is 6.10 Å². The molecule has 2 N–H and O–H groups in total. The van der Waals surface area contributed by atoms with Gasteiger partial charge in [-0.15, -0.1) is 0 Å². The molecular formula is C21H22Cl2O5. The third-order valence-corrected chi connectivity index (χ3v) is 4.97. The zero-order valence-corrected chi connectivity index (χ0v) is 17.2. The average Bonchev–Trinajstić information content (AvgIpc) is 2.63. The Kier molecular flexibility index (Phi) is 7.72. The van der Waals surface area contributed by atoms with E-state index < -0.39 is 18.0 Å². The quantitative estimate of drug-likeness (QED) is 0.530. The Morgan fingerprint density at radius 1 is 0.964 bits per heavy atom. The standard InChI is InChI=1S/C21H22Cl2O5/c1-3-5-12-9-15(20(24)25)10-13(6-4-2)18(12)28-19(21(26)27)14-7-8-16(22)17(23)11-14/h7-11,19H,3-6H2,1-2H3,(H,24,25)(H,26,27). The minimum absolute atomic E-state index is 0.167. The Hall–Kier alpha value is -2.24. The van der Waals surface area contributed by atoms with E-state index >= 15 is 0 Å². The smallest absolute Gasteiger partial charge is 0.349 e. The fourth-order valence-corrected chi connectivity index (χ4v) is 3.30. The Balaban J connectivity index is 2.57. The first-order valence-electron chi connectivity index (χ1n) is 9.01. The maximum absolute atomic E-state index is 11.9. The van der Waals surface area contributed by atoms with Crippen LogP contribution >= 0.6 is 23.2 Å². The lowest BCUT2D eigenvalue weighted by Gasteiger charge is -2.22. The van der Waals surface area contributed by atoms with Gasteiger partial charge in [0.05, 0.1) is 15.6 Å². The lowest BCUT2D eigenvalue weighted by Crippen LogP contribution is -2.20. The van der Waals surface area contributed by atoms with Crippen LogP contribution in [0.5, 0.6) is 5.75 Å². The number of carbonyl (C=O) groups is 2. The van der Waals surface area contributed by atoms with Crippen molar-refractivity contribution in [3.63, 3.8) is 0 Å². The molecule has 1 unspecified atom stereocenters. The average molecular weight is 425 g/mol. The topological polar surface area (TPSA) is 83.8 Å². The van der Waals surface area contributed by atoms with E-state index in [1.54, 1.807) is 18.2 Å². The van der Waals surface area contributed by atoms with Crippen LogP contribution in [0.2, 0.25) is 10.0 Å². The Bertz CT molecular complexity index is 852. The summed E-state index contributed by atoms with van der Waals surface area (Å²) < 4.78 is 5.96. The second-order valence-corrected chi connectivity index (χ2v) is 7.25. The summed E-state index contributed by atoms with van der Waals surface area (Å²) in [6.07, 6.45) is 1.36. The number of halogens is 2. The van der Waals surface area contributed by atoms with E-state index in [-0.39, 0.29) is 10.6 Å². The van der Waals surface area contributed by atoms with Gasteiger partial charge in [0, 0.05) is 5.56 Å². The van der Waals surface area contributed by atoms with Crippen LogP contribution in [0, 0.1) is 0 Å². The summed E-state index contributed by atoms with van der Waals surface area (Å²) in [6.45, 7) is 3.93. The van der Waals surface area contributed by atoms with Crippen LogP contribution in [0.15, 0.2) is 30.3 Å². The van der Waals surface area contributed by atoms with E-state index in [0.29, 0.717) is 40.3 Å². The molecule has 0 amide bonds. The second kappa shape index (κ2) is 9.80. The molecule has 0 saturated heterocycles. The predicted octanol–water partition coefficient (Wildman–Crippen LogP) is 5.80. The first-order valence-corrected chi connectivity index (χ1v) is 9.77. The molecule has 0 bridgehead atoms. The summed E-state index contributed by atoms with van der Waals surface area (Å²) in [5.74, 6) is -1.78. The van der Waals surface area contributed by atoms with Crippen molar-refractivity contribution in [2.24, 2.45) is 0 Å². The molecule has 2 rings (SSSR count). The first-order chi connectivity index (χ1) is 13.3. The molecule has 5 nitrogen and oxygen atoms in total. The molecule has 0 heterocycles. The molecule has 0 radical (unpaired) electrons. The number of carboxylic acid groups (broad SMARTS) is 2. The maximum atomic E-state index is 11.9. The van der Waals surface area contributed by atoms with Crippen LogP contribution in [-0.4, -0.2) is 22.2 Å². The highest BCUT2D eigenvalue weighted by Gasteiger charge is 2.26. The molecule has 0 spiro atoms. The third-order valence-electron chi connectivity index (χ3n) is 4.23. The number of aromatic carboxylic acids is 1. The molecule has 0 aliphatic carbocycles. The van der Waals surface area contributed by atoms with Gasteiger partial charge in [-0.2, -0.15) is 0 Å². The van der Waals surface area contributed by atoms with Crippen LogP contribution in [0.1, 0.15) is 59.8 Å². The van der Waals surface area contributed by atoms with Crippen LogP contribution < -0.4 is 4.74 Å². The molecule has 0 aromatic heterocycles. The molecule has 0 saturated carbocycles. The molecular weight excluding hydrogens is 403 g/mol.